The van der Waals surface area contributed by atoms with Gasteiger partial charge in [0.25, 0.3) is 0 Å². The molecule has 1 N–H and O–H groups in total. The number of para-hydroxylation sites is 1. The van der Waals surface area contributed by atoms with Crippen LogP contribution in [0.5, 0.6) is 5.75 Å². The van der Waals surface area contributed by atoms with E-state index in [1.54, 1.807) is 12.7 Å². The van der Waals surface area contributed by atoms with Gasteiger partial charge in [-0.2, -0.15) is 0 Å². The highest BCUT2D eigenvalue weighted by Gasteiger charge is 2.17. The monoisotopic (exact) mass is 273 g/mol. The number of rotatable bonds is 6. The van der Waals surface area contributed by atoms with Crippen LogP contribution in [0.25, 0.3) is 0 Å². The van der Waals surface area contributed by atoms with Crippen molar-refractivity contribution in [2.24, 2.45) is 11.8 Å². The van der Waals surface area contributed by atoms with Gasteiger partial charge in [-0.05, 0) is 62.7 Å². The van der Waals surface area contributed by atoms with Gasteiger partial charge in [0.1, 0.15) is 5.75 Å². The lowest BCUT2D eigenvalue weighted by molar-refractivity contribution is 0.381. The lowest BCUT2D eigenvalue weighted by Crippen LogP contribution is -2.27. The predicted octanol–water partition coefficient (Wildman–Crippen LogP) is 3.82. The summed E-state index contributed by atoms with van der Waals surface area (Å²) in [5.41, 5.74) is 2.84. The van der Waals surface area contributed by atoms with E-state index in [1.165, 1.54) is 18.4 Å². The highest BCUT2D eigenvalue weighted by molar-refractivity contribution is 5.33. The third-order valence-electron chi connectivity index (χ3n) is 4.08. The number of methoxy groups -OCH3 is 1. The number of benzene rings is 1. The van der Waals surface area contributed by atoms with Gasteiger partial charge >= 0.3 is 0 Å². The molecule has 1 aromatic carbocycles. The average Bonchev–Trinajstić information content (AvgIpc) is 2.43. The summed E-state index contributed by atoms with van der Waals surface area (Å²) in [4.78, 5) is 0. The third-order valence-corrected chi connectivity index (χ3v) is 4.08. The first-order chi connectivity index (χ1) is 9.69. The first kappa shape index (κ1) is 15.1. The second-order valence-corrected chi connectivity index (χ2v) is 6.06. The Labute approximate surface area is 123 Å². The van der Waals surface area contributed by atoms with Crippen LogP contribution in [-0.4, -0.2) is 20.2 Å². The second kappa shape index (κ2) is 7.49. The maximum atomic E-state index is 5.39. The summed E-state index contributed by atoms with van der Waals surface area (Å²) in [5, 5.41) is 3.61. The molecule has 1 aromatic rings. The Morgan fingerprint density at radius 2 is 2.10 bits per heavy atom. The fraction of sp³-hybridized carbons (Fsp3) is 0.556. The predicted molar refractivity (Wildman–Crippen MR) is 85.2 cm³/mol. The molecule has 0 heterocycles. The molecule has 0 bridgehead atoms. The van der Waals surface area contributed by atoms with Crippen molar-refractivity contribution in [1.82, 2.24) is 5.32 Å². The van der Waals surface area contributed by atoms with Gasteiger partial charge in [0.05, 0.1) is 7.11 Å². The van der Waals surface area contributed by atoms with E-state index in [-0.39, 0.29) is 0 Å². The normalized spacial score (nSPS) is 22.4. The molecule has 1 aliphatic rings. The summed E-state index contributed by atoms with van der Waals surface area (Å²) in [6.45, 7) is 6.74. The number of nitrogens with one attached hydrogen (secondary N) is 1. The summed E-state index contributed by atoms with van der Waals surface area (Å²) in [6, 6.07) is 8.28. The molecule has 0 saturated carbocycles. The summed E-state index contributed by atoms with van der Waals surface area (Å²) < 4.78 is 5.39. The molecule has 2 unspecified atom stereocenters. The Kier molecular flexibility index (Phi) is 5.66. The van der Waals surface area contributed by atoms with Gasteiger partial charge in [-0.15, -0.1) is 0 Å². The molecule has 2 rings (SSSR count). The van der Waals surface area contributed by atoms with Crippen molar-refractivity contribution >= 4 is 0 Å². The quantitative estimate of drug-likeness (QED) is 0.628. The van der Waals surface area contributed by atoms with E-state index in [4.69, 9.17) is 4.74 Å². The van der Waals surface area contributed by atoms with Gasteiger partial charge in [-0.1, -0.05) is 36.8 Å². The first-order valence-corrected chi connectivity index (χ1v) is 7.69. The zero-order chi connectivity index (χ0) is 14.4. The zero-order valence-electron chi connectivity index (χ0n) is 13.0. The minimum atomic E-state index is 0.741. The van der Waals surface area contributed by atoms with Gasteiger partial charge in [-0.3, -0.25) is 0 Å². The standard InChI is InChI=1S/C18H27NO/c1-14-10-15(2)12-16(11-14)13-19-9-8-17-6-4-5-7-18(17)20-3/h4-7,10,14,16,19H,8-9,11-13H2,1-3H3. The summed E-state index contributed by atoms with van der Waals surface area (Å²) in [7, 11) is 1.74. The Bertz CT molecular complexity index is 452. The molecule has 0 saturated heterocycles. The Balaban J connectivity index is 1.73. The SMILES string of the molecule is COc1ccccc1CCNCC1CC(C)=CC(C)C1. The fourth-order valence-electron chi connectivity index (χ4n) is 3.28. The van der Waals surface area contributed by atoms with Gasteiger partial charge in [-0.25, -0.2) is 0 Å². The van der Waals surface area contributed by atoms with Crippen LogP contribution in [0.15, 0.2) is 35.9 Å². The van der Waals surface area contributed by atoms with Crippen LogP contribution in [0.3, 0.4) is 0 Å². The van der Waals surface area contributed by atoms with E-state index in [0.29, 0.717) is 0 Å². The molecule has 2 heteroatoms. The van der Waals surface area contributed by atoms with E-state index in [9.17, 15) is 0 Å². The smallest absolute Gasteiger partial charge is 0.122 e. The van der Waals surface area contributed by atoms with E-state index in [1.807, 2.05) is 12.1 Å². The molecule has 0 spiro atoms. The third kappa shape index (κ3) is 4.38. The van der Waals surface area contributed by atoms with Crippen LogP contribution in [0.4, 0.5) is 0 Å². The summed E-state index contributed by atoms with van der Waals surface area (Å²) in [5.74, 6) is 2.54. The highest BCUT2D eigenvalue weighted by Crippen LogP contribution is 2.27. The van der Waals surface area contributed by atoms with Gasteiger partial charge < -0.3 is 10.1 Å². The van der Waals surface area contributed by atoms with Crippen LogP contribution in [-0.2, 0) is 6.42 Å². The van der Waals surface area contributed by atoms with Gasteiger partial charge in [0.2, 0.25) is 0 Å². The summed E-state index contributed by atoms with van der Waals surface area (Å²) >= 11 is 0. The lowest BCUT2D eigenvalue weighted by atomic mass is 9.84. The number of allylic oxidation sites excluding steroid dienone is 2. The van der Waals surface area contributed by atoms with E-state index in [0.717, 1.165) is 37.1 Å². The van der Waals surface area contributed by atoms with Crippen LogP contribution in [0, 0.1) is 11.8 Å². The van der Waals surface area contributed by atoms with Crippen molar-refractivity contribution in [3.05, 3.63) is 41.5 Å². The van der Waals surface area contributed by atoms with Crippen molar-refractivity contribution in [2.75, 3.05) is 20.2 Å². The van der Waals surface area contributed by atoms with Crippen LogP contribution in [0.2, 0.25) is 0 Å². The molecule has 0 aliphatic heterocycles. The molecule has 1 aliphatic carbocycles. The van der Waals surface area contributed by atoms with Gasteiger partial charge in [0, 0.05) is 0 Å². The van der Waals surface area contributed by atoms with Crippen molar-refractivity contribution in [3.63, 3.8) is 0 Å². The largest absolute Gasteiger partial charge is 0.496 e. The lowest BCUT2D eigenvalue weighted by Gasteiger charge is -2.25. The van der Waals surface area contributed by atoms with Gasteiger partial charge in [0.15, 0.2) is 0 Å². The minimum Gasteiger partial charge on any atom is -0.496 e. The Hall–Kier alpha value is -1.28. The number of hydrogen-bond donors (Lipinski definition) is 1. The van der Waals surface area contributed by atoms with E-state index in [2.05, 4.69) is 37.4 Å². The van der Waals surface area contributed by atoms with Crippen LogP contribution < -0.4 is 10.1 Å². The molecule has 0 amide bonds. The van der Waals surface area contributed by atoms with Crippen LogP contribution in [0.1, 0.15) is 32.3 Å². The van der Waals surface area contributed by atoms with Crippen molar-refractivity contribution in [1.29, 1.82) is 0 Å². The molecule has 20 heavy (non-hydrogen) atoms. The number of ether oxygens (including phenoxy) is 1. The highest BCUT2D eigenvalue weighted by atomic mass is 16.5. The molecule has 0 aromatic heterocycles. The van der Waals surface area contributed by atoms with Crippen LogP contribution >= 0.6 is 0 Å². The van der Waals surface area contributed by atoms with Crippen molar-refractivity contribution in [3.8, 4) is 5.75 Å². The second-order valence-electron chi connectivity index (χ2n) is 6.06. The molecule has 0 radical (unpaired) electrons. The zero-order valence-corrected chi connectivity index (χ0v) is 13.0. The number of hydrogen-bond acceptors (Lipinski definition) is 2. The Morgan fingerprint density at radius 3 is 2.85 bits per heavy atom. The molecule has 2 atom stereocenters. The maximum absolute atomic E-state index is 5.39. The topological polar surface area (TPSA) is 21.3 Å². The first-order valence-electron chi connectivity index (χ1n) is 7.69. The summed E-state index contributed by atoms with van der Waals surface area (Å²) in [6.07, 6.45) is 6.03. The van der Waals surface area contributed by atoms with E-state index < -0.39 is 0 Å². The molecule has 110 valence electrons. The van der Waals surface area contributed by atoms with Crippen molar-refractivity contribution < 1.29 is 4.74 Å². The molecule has 2 nitrogen and oxygen atoms in total. The van der Waals surface area contributed by atoms with Crippen molar-refractivity contribution in [2.45, 2.75) is 33.1 Å². The molecular weight excluding hydrogens is 246 g/mol. The van der Waals surface area contributed by atoms with E-state index >= 15 is 0 Å². The average molecular weight is 273 g/mol. The Morgan fingerprint density at radius 1 is 1.30 bits per heavy atom. The molecular formula is C18H27NO. The molecule has 0 fully saturated rings. The maximum Gasteiger partial charge on any atom is 0.122 e. The fourth-order valence-corrected chi connectivity index (χ4v) is 3.28. The minimum absolute atomic E-state index is 0.741.